The third kappa shape index (κ3) is 3.28. The van der Waals surface area contributed by atoms with Crippen LogP contribution in [0.3, 0.4) is 0 Å². The molecule has 4 heteroatoms. The molecule has 0 aliphatic carbocycles. The van der Waals surface area contributed by atoms with Crippen LogP contribution in [0, 0.1) is 0 Å². The quantitative estimate of drug-likeness (QED) is 0.734. The summed E-state index contributed by atoms with van der Waals surface area (Å²) in [6.45, 7) is 7.72. The molecule has 24 heavy (non-hydrogen) atoms. The molecule has 0 saturated heterocycles. The molecule has 4 nitrogen and oxygen atoms in total. The maximum Gasteiger partial charge on any atom is 0.231 e. The Bertz CT molecular complexity index is 679. The van der Waals surface area contributed by atoms with Crippen LogP contribution >= 0.6 is 0 Å². The van der Waals surface area contributed by atoms with Crippen molar-refractivity contribution in [2.45, 2.75) is 33.1 Å². The van der Waals surface area contributed by atoms with Gasteiger partial charge in [0.2, 0.25) is 6.79 Å². The van der Waals surface area contributed by atoms with E-state index >= 15 is 0 Å². The fraction of sp³-hybridized carbons (Fsp3) is 0.400. The molecule has 1 atom stereocenters. The summed E-state index contributed by atoms with van der Waals surface area (Å²) in [5, 5.41) is 0. The van der Waals surface area contributed by atoms with Crippen LogP contribution in [0.15, 0.2) is 36.4 Å². The minimum Gasteiger partial charge on any atom is -0.494 e. The largest absolute Gasteiger partial charge is 0.494 e. The summed E-state index contributed by atoms with van der Waals surface area (Å²) in [5.41, 5.74) is 2.37. The van der Waals surface area contributed by atoms with Crippen molar-refractivity contribution < 1.29 is 18.9 Å². The molecule has 2 aromatic carbocycles. The SMILES string of the molecule is CCOc1ccc([C@H](CC)c2cc3c(cc2OCC)OCO3)cc1. The van der Waals surface area contributed by atoms with E-state index in [1.165, 1.54) is 5.56 Å². The second-order valence-electron chi connectivity index (χ2n) is 5.64. The van der Waals surface area contributed by atoms with Gasteiger partial charge in [-0.25, -0.2) is 0 Å². The third-order valence-corrected chi connectivity index (χ3v) is 4.18. The Hall–Kier alpha value is -2.36. The number of rotatable bonds is 7. The van der Waals surface area contributed by atoms with E-state index in [4.69, 9.17) is 18.9 Å². The lowest BCUT2D eigenvalue weighted by atomic mass is 9.88. The number of hydrogen-bond acceptors (Lipinski definition) is 4. The smallest absolute Gasteiger partial charge is 0.231 e. The van der Waals surface area contributed by atoms with Gasteiger partial charge in [0.25, 0.3) is 0 Å². The van der Waals surface area contributed by atoms with Crippen molar-refractivity contribution in [2.24, 2.45) is 0 Å². The lowest BCUT2D eigenvalue weighted by Gasteiger charge is -2.20. The Balaban J connectivity index is 1.97. The second kappa shape index (κ2) is 7.47. The first-order valence-corrected chi connectivity index (χ1v) is 8.55. The highest BCUT2D eigenvalue weighted by molar-refractivity contribution is 5.55. The molecule has 1 aliphatic heterocycles. The number of fused-ring (bicyclic) bond motifs is 1. The predicted molar refractivity (Wildman–Crippen MR) is 93.5 cm³/mol. The van der Waals surface area contributed by atoms with E-state index in [0.717, 1.165) is 35.0 Å². The summed E-state index contributed by atoms with van der Waals surface area (Å²) >= 11 is 0. The topological polar surface area (TPSA) is 36.9 Å². The van der Waals surface area contributed by atoms with Gasteiger partial charge in [0.15, 0.2) is 11.5 Å². The lowest BCUT2D eigenvalue weighted by molar-refractivity contribution is 0.173. The van der Waals surface area contributed by atoms with Gasteiger partial charge in [-0.2, -0.15) is 0 Å². The average Bonchev–Trinajstić information content (AvgIpc) is 3.05. The molecule has 0 unspecified atom stereocenters. The minimum absolute atomic E-state index is 0.233. The number of ether oxygens (including phenoxy) is 4. The highest BCUT2D eigenvalue weighted by atomic mass is 16.7. The molecule has 1 aliphatic rings. The first kappa shape index (κ1) is 16.5. The Kier molecular flexibility index (Phi) is 5.14. The molecule has 2 aromatic rings. The van der Waals surface area contributed by atoms with Crippen LogP contribution in [0.2, 0.25) is 0 Å². The fourth-order valence-electron chi connectivity index (χ4n) is 3.09. The van der Waals surface area contributed by atoms with Gasteiger partial charge in [0.05, 0.1) is 13.2 Å². The van der Waals surface area contributed by atoms with Crippen LogP contribution in [-0.4, -0.2) is 20.0 Å². The summed E-state index contributed by atoms with van der Waals surface area (Å²) in [6.07, 6.45) is 0.966. The van der Waals surface area contributed by atoms with Crippen LogP contribution in [-0.2, 0) is 0 Å². The van der Waals surface area contributed by atoms with Crippen LogP contribution in [0.25, 0.3) is 0 Å². The lowest BCUT2D eigenvalue weighted by Crippen LogP contribution is -2.04. The van der Waals surface area contributed by atoms with Gasteiger partial charge in [-0.3, -0.25) is 0 Å². The highest BCUT2D eigenvalue weighted by Gasteiger charge is 2.23. The Morgan fingerprint density at radius 1 is 0.917 bits per heavy atom. The van der Waals surface area contributed by atoms with Gasteiger partial charge >= 0.3 is 0 Å². The van der Waals surface area contributed by atoms with Gasteiger partial charge < -0.3 is 18.9 Å². The first-order valence-electron chi connectivity index (χ1n) is 8.55. The van der Waals surface area contributed by atoms with E-state index < -0.39 is 0 Å². The monoisotopic (exact) mass is 328 g/mol. The maximum atomic E-state index is 5.87. The molecule has 0 fully saturated rings. The summed E-state index contributed by atoms with van der Waals surface area (Å²) in [7, 11) is 0. The molecule has 0 saturated carbocycles. The molecular formula is C20H24O4. The van der Waals surface area contributed by atoms with E-state index in [1.54, 1.807) is 0 Å². The molecule has 0 bridgehead atoms. The Morgan fingerprint density at radius 2 is 1.58 bits per heavy atom. The van der Waals surface area contributed by atoms with Gasteiger partial charge in [-0.05, 0) is 44.0 Å². The van der Waals surface area contributed by atoms with Gasteiger partial charge in [0.1, 0.15) is 11.5 Å². The number of benzene rings is 2. The fourth-order valence-corrected chi connectivity index (χ4v) is 3.09. The van der Waals surface area contributed by atoms with Crippen molar-refractivity contribution in [3.05, 3.63) is 47.5 Å². The second-order valence-corrected chi connectivity index (χ2v) is 5.64. The van der Waals surface area contributed by atoms with Crippen molar-refractivity contribution >= 4 is 0 Å². The van der Waals surface area contributed by atoms with E-state index in [1.807, 2.05) is 32.0 Å². The van der Waals surface area contributed by atoms with Crippen LogP contribution in [0.4, 0.5) is 0 Å². The average molecular weight is 328 g/mol. The molecule has 0 aromatic heterocycles. The molecular weight excluding hydrogens is 304 g/mol. The van der Waals surface area contributed by atoms with Gasteiger partial charge in [-0.1, -0.05) is 19.1 Å². The zero-order chi connectivity index (χ0) is 16.9. The zero-order valence-corrected chi connectivity index (χ0v) is 14.5. The van der Waals surface area contributed by atoms with E-state index in [-0.39, 0.29) is 12.7 Å². The molecule has 3 rings (SSSR count). The van der Waals surface area contributed by atoms with Crippen LogP contribution in [0.5, 0.6) is 23.0 Å². The van der Waals surface area contributed by atoms with Crippen molar-refractivity contribution in [1.82, 2.24) is 0 Å². The summed E-state index contributed by atoms with van der Waals surface area (Å²) in [5.74, 6) is 3.53. The van der Waals surface area contributed by atoms with Crippen molar-refractivity contribution in [3.8, 4) is 23.0 Å². The van der Waals surface area contributed by atoms with E-state index in [2.05, 4.69) is 25.1 Å². The Morgan fingerprint density at radius 3 is 2.21 bits per heavy atom. The van der Waals surface area contributed by atoms with Crippen molar-refractivity contribution in [2.75, 3.05) is 20.0 Å². The maximum absolute atomic E-state index is 5.87. The zero-order valence-electron chi connectivity index (χ0n) is 14.5. The first-order chi connectivity index (χ1) is 11.8. The predicted octanol–water partition coefficient (Wildman–Crippen LogP) is 4.75. The standard InChI is InChI=1S/C20H24O4/c1-4-16(14-7-9-15(10-8-14)21-5-2)17-11-19-20(24-13-23-19)12-18(17)22-6-3/h7-12,16H,4-6,13H2,1-3H3/t16-/m0/s1. The van der Waals surface area contributed by atoms with E-state index in [9.17, 15) is 0 Å². The molecule has 1 heterocycles. The number of hydrogen-bond donors (Lipinski definition) is 0. The van der Waals surface area contributed by atoms with E-state index in [0.29, 0.717) is 13.2 Å². The highest BCUT2D eigenvalue weighted by Crippen LogP contribution is 2.43. The summed E-state index contributed by atoms with van der Waals surface area (Å²) < 4.78 is 22.4. The van der Waals surface area contributed by atoms with Crippen molar-refractivity contribution in [1.29, 1.82) is 0 Å². The molecule has 128 valence electrons. The molecule has 0 radical (unpaired) electrons. The van der Waals surface area contributed by atoms with Crippen LogP contribution in [0.1, 0.15) is 44.2 Å². The molecule has 0 N–H and O–H groups in total. The molecule has 0 amide bonds. The molecule has 0 spiro atoms. The summed E-state index contributed by atoms with van der Waals surface area (Å²) in [6, 6.07) is 12.3. The minimum atomic E-state index is 0.233. The Labute approximate surface area is 143 Å². The normalized spacial score (nSPS) is 13.6. The third-order valence-electron chi connectivity index (χ3n) is 4.18. The van der Waals surface area contributed by atoms with Gasteiger partial charge in [-0.15, -0.1) is 0 Å². The summed E-state index contributed by atoms with van der Waals surface area (Å²) in [4.78, 5) is 0. The van der Waals surface area contributed by atoms with Crippen LogP contribution < -0.4 is 18.9 Å². The van der Waals surface area contributed by atoms with Gasteiger partial charge in [0, 0.05) is 17.5 Å². The van der Waals surface area contributed by atoms with Crippen molar-refractivity contribution in [3.63, 3.8) is 0 Å².